The number of methoxy groups -OCH3 is 3. The van der Waals surface area contributed by atoms with Crippen LogP contribution in [0.2, 0.25) is 0 Å². The minimum absolute atomic E-state index is 0.0102. The van der Waals surface area contributed by atoms with Gasteiger partial charge in [-0.05, 0) is 48.5 Å². The largest absolute Gasteiger partial charge is 0.497 e. The average molecular weight is 427 g/mol. The van der Waals surface area contributed by atoms with Crippen LogP contribution in [0.5, 0.6) is 17.2 Å². The second kappa shape index (κ2) is 8.87. The summed E-state index contributed by atoms with van der Waals surface area (Å²) < 4.78 is 43.2. The van der Waals surface area contributed by atoms with E-state index >= 15 is 0 Å². The van der Waals surface area contributed by atoms with E-state index in [0.717, 1.165) is 4.31 Å². The van der Waals surface area contributed by atoms with Crippen LogP contribution in [0.4, 0.5) is 5.69 Å². The summed E-state index contributed by atoms with van der Waals surface area (Å²) in [4.78, 5) is 13.5. The maximum Gasteiger partial charge on any atom is 0.272 e. The Bertz CT molecular complexity index is 1110. The highest BCUT2D eigenvalue weighted by Gasteiger charge is 2.32. The topological polar surface area (TPSA) is 82.1 Å². The van der Waals surface area contributed by atoms with Gasteiger partial charge in [0.25, 0.3) is 15.9 Å². The fourth-order valence-electron chi connectivity index (χ4n) is 2.83. The Balaban J connectivity index is 2.17. The van der Waals surface area contributed by atoms with Crippen molar-refractivity contribution in [1.29, 1.82) is 0 Å². The zero-order valence-electron chi connectivity index (χ0n) is 16.7. The van der Waals surface area contributed by atoms with Crippen LogP contribution in [0.1, 0.15) is 10.4 Å². The van der Waals surface area contributed by atoms with Crippen LogP contribution in [-0.4, -0.2) is 35.7 Å². The van der Waals surface area contributed by atoms with Gasteiger partial charge >= 0.3 is 0 Å². The fourth-order valence-corrected chi connectivity index (χ4v) is 4.26. The lowest BCUT2D eigenvalue weighted by Crippen LogP contribution is -2.37. The van der Waals surface area contributed by atoms with E-state index in [2.05, 4.69) is 0 Å². The molecule has 0 saturated carbocycles. The maximum atomic E-state index is 13.5. The van der Waals surface area contributed by atoms with Crippen LogP contribution >= 0.6 is 0 Å². The van der Waals surface area contributed by atoms with Gasteiger partial charge in [0.1, 0.15) is 17.2 Å². The summed E-state index contributed by atoms with van der Waals surface area (Å²) in [6.07, 6.45) is 0. The van der Waals surface area contributed by atoms with Gasteiger partial charge in [0, 0.05) is 11.6 Å². The molecule has 0 fully saturated rings. The molecule has 0 spiro atoms. The first-order chi connectivity index (χ1) is 14.4. The highest BCUT2D eigenvalue weighted by atomic mass is 32.2. The van der Waals surface area contributed by atoms with Crippen molar-refractivity contribution in [3.05, 3.63) is 78.4 Å². The zero-order chi connectivity index (χ0) is 21.7. The Morgan fingerprint density at radius 1 is 0.733 bits per heavy atom. The summed E-state index contributed by atoms with van der Waals surface area (Å²) in [6, 6.07) is 18.5. The second-order valence-corrected chi connectivity index (χ2v) is 7.97. The number of amides is 1. The van der Waals surface area contributed by atoms with E-state index in [1.165, 1.54) is 57.7 Å². The van der Waals surface area contributed by atoms with Gasteiger partial charge < -0.3 is 14.2 Å². The number of carbonyl (C=O) groups is 1. The van der Waals surface area contributed by atoms with Crippen LogP contribution in [-0.2, 0) is 10.0 Å². The third-order valence-corrected chi connectivity index (χ3v) is 6.10. The second-order valence-electron chi connectivity index (χ2n) is 6.19. The third kappa shape index (κ3) is 4.23. The van der Waals surface area contributed by atoms with Crippen LogP contribution in [0.15, 0.2) is 77.7 Å². The molecule has 0 unspecified atom stereocenters. The molecule has 0 saturated heterocycles. The Morgan fingerprint density at radius 2 is 1.27 bits per heavy atom. The van der Waals surface area contributed by atoms with Gasteiger partial charge in [-0.3, -0.25) is 4.79 Å². The molecule has 3 aromatic rings. The van der Waals surface area contributed by atoms with Crippen LogP contribution in [0, 0.1) is 0 Å². The number of carbonyl (C=O) groups excluding carboxylic acids is 1. The molecule has 30 heavy (non-hydrogen) atoms. The van der Waals surface area contributed by atoms with Gasteiger partial charge in [0.15, 0.2) is 0 Å². The molecule has 0 aliphatic carbocycles. The Kier molecular flexibility index (Phi) is 6.27. The summed E-state index contributed by atoms with van der Waals surface area (Å²) in [5.41, 5.74) is 0.271. The molecule has 0 radical (unpaired) electrons. The van der Waals surface area contributed by atoms with Crippen molar-refractivity contribution in [2.75, 3.05) is 25.6 Å². The molecular weight excluding hydrogens is 406 g/mol. The summed E-state index contributed by atoms with van der Waals surface area (Å²) in [5, 5.41) is 0. The summed E-state index contributed by atoms with van der Waals surface area (Å²) >= 11 is 0. The lowest BCUT2D eigenvalue weighted by molar-refractivity contribution is 0.100. The highest BCUT2D eigenvalue weighted by molar-refractivity contribution is 7.93. The van der Waals surface area contributed by atoms with E-state index in [-0.39, 0.29) is 16.1 Å². The number of ether oxygens (including phenoxy) is 3. The number of benzene rings is 3. The van der Waals surface area contributed by atoms with E-state index in [1.54, 1.807) is 36.4 Å². The van der Waals surface area contributed by atoms with Gasteiger partial charge in [0.05, 0.1) is 31.9 Å². The molecule has 0 atom stereocenters. The Hall–Kier alpha value is -3.52. The molecule has 3 aromatic carbocycles. The predicted octanol–water partition coefficient (Wildman–Crippen LogP) is 3.75. The number of rotatable bonds is 7. The van der Waals surface area contributed by atoms with E-state index in [1.807, 2.05) is 0 Å². The lowest BCUT2D eigenvalue weighted by atomic mass is 10.1. The lowest BCUT2D eigenvalue weighted by Gasteiger charge is -2.23. The molecule has 0 heterocycles. The molecule has 0 bridgehead atoms. The first kappa shape index (κ1) is 21.2. The monoisotopic (exact) mass is 427 g/mol. The van der Waals surface area contributed by atoms with E-state index in [9.17, 15) is 13.2 Å². The number of hydrogen-bond acceptors (Lipinski definition) is 6. The molecule has 8 heteroatoms. The SMILES string of the molecule is COc1ccc(N(C(=O)c2cc(OC)cc(OC)c2)S(=O)(=O)c2ccccc2)cc1. The van der Waals surface area contributed by atoms with Crippen molar-refractivity contribution in [2.24, 2.45) is 0 Å². The van der Waals surface area contributed by atoms with E-state index < -0.39 is 15.9 Å². The number of hydrogen-bond donors (Lipinski definition) is 0. The highest BCUT2D eigenvalue weighted by Crippen LogP contribution is 2.30. The fraction of sp³-hybridized carbons (Fsp3) is 0.136. The van der Waals surface area contributed by atoms with Crippen molar-refractivity contribution in [3.63, 3.8) is 0 Å². The number of anilines is 1. The van der Waals surface area contributed by atoms with Gasteiger partial charge in [-0.15, -0.1) is 0 Å². The van der Waals surface area contributed by atoms with E-state index in [0.29, 0.717) is 17.2 Å². The predicted molar refractivity (Wildman–Crippen MR) is 113 cm³/mol. The molecule has 0 aromatic heterocycles. The first-order valence-corrected chi connectivity index (χ1v) is 10.4. The van der Waals surface area contributed by atoms with Crippen LogP contribution < -0.4 is 18.5 Å². The Labute approximate surface area is 175 Å². The van der Waals surface area contributed by atoms with Crippen molar-refractivity contribution in [3.8, 4) is 17.2 Å². The molecule has 1 amide bonds. The molecule has 0 N–H and O–H groups in total. The molecule has 7 nitrogen and oxygen atoms in total. The van der Waals surface area contributed by atoms with Gasteiger partial charge in [-0.25, -0.2) is 8.42 Å². The van der Waals surface area contributed by atoms with Gasteiger partial charge in [-0.2, -0.15) is 4.31 Å². The van der Waals surface area contributed by atoms with E-state index in [4.69, 9.17) is 14.2 Å². The smallest absolute Gasteiger partial charge is 0.272 e. The minimum atomic E-state index is -4.20. The van der Waals surface area contributed by atoms with Gasteiger partial charge in [0.2, 0.25) is 0 Å². The van der Waals surface area contributed by atoms with Crippen molar-refractivity contribution >= 4 is 21.6 Å². The standard InChI is InChI=1S/C22H21NO6S/c1-27-18-11-9-17(10-12-18)23(30(25,26)21-7-5-4-6-8-21)22(24)16-13-19(28-2)15-20(14-16)29-3/h4-15H,1-3H3. The number of nitrogens with zero attached hydrogens (tertiary/aromatic N) is 1. The molecule has 0 aliphatic heterocycles. The van der Waals surface area contributed by atoms with Gasteiger partial charge in [-0.1, -0.05) is 18.2 Å². The first-order valence-electron chi connectivity index (χ1n) is 8.92. The molecule has 3 rings (SSSR count). The zero-order valence-corrected chi connectivity index (χ0v) is 17.5. The summed E-state index contributed by atoms with van der Waals surface area (Å²) in [6.45, 7) is 0. The molecule has 156 valence electrons. The van der Waals surface area contributed by atoms with Crippen LogP contribution in [0.3, 0.4) is 0 Å². The third-order valence-electron chi connectivity index (χ3n) is 4.37. The van der Waals surface area contributed by atoms with Crippen molar-refractivity contribution in [1.82, 2.24) is 0 Å². The average Bonchev–Trinajstić information content (AvgIpc) is 2.79. The quantitative estimate of drug-likeness (QED) is 0.571. The van der Waals surface area contributed by atoms with Crippen molar-refractivity contribution < 1.29 is 27.4 Å². The van der Waals surface area contributed by atoms with Crippen LogP contribution in [0.25, 0.3) is 0 Å². The Morgan fingerprint density at radius 3 is 1.77 bits per heavy atom. The molecular formula is C22H21NO6S. The number of sulfonamides is 1. The minimum Gasteiger partial charge on any atom is -0.497 e. The maximum absolute atomic E-state index is 13.5. The normalized spacial score (nSPS) is 10.9. The summed E-state index contributed by atoms with van der Waals surface area (Å²) in [7, 11) is 0.201. The summed E-state index contributed by atoms with van der Waals surface area (Å²) in [5.74, 6) is 0.515. The van der Waals surface area contributed by atoms with Crippen molar-refractivity contribution in [2.45, 2.75) is 4.90 Å². The molecule has 0 aliphatic rings.